The van der Waals surface area contributed by atoms with Gasteiger partial charge in [0.25, 0.3) is 5.91 Å². The normalized spacial score (nSPS) is 25.4. The van der Waals surface area contributed by atoms with E-state index in [2.05, 4.69) is 15.5 Å². The second-order valence-electron chi connectivity index (χ2n) is 4.41. The molecule has 0 aromatic heterocycles. The quantitative estimate of drug-likeness (QED) is 0.638. The van der Waals surface area contributed by atoms with E-state index in [1.807, 2.05) is 12.1 Å². The van der Waals surface area contributed by atoms with Crippen LogP contribution in [0.3, 0.4) is 0 Å². The molecule has 0 bridgehead atoms. The summed E-state index contributed by atoms with van der Waals surface area (Å²) in [6.45, 7) is 3.23. The SMILES string of the molecule is CN1CCN(NC(=O)C2CC(C(=O)O)=NO2)CC1. The van der Waals surface area contributed by atoms with E-state index in [1.165, 1.54) is 0 Å². The number of likely N-dealkylation sites (N-methyl/N-ethyl adjacent to an activating group) is 1. The molecule has 100 valence electrons. The minimum absolute atomic E-state index is 0.00884. The van der Waals surface area contributed by atoms with Crippen molar-refractivity contribution in [2.45, 2.75) is 12.5 Å². The number of carbonyl (C=O) groups is 2. The van der Waals surface area contributed by atoms with E-state index in [9.17, 15) is 9.59 Å². The Kier molecular flexibility index (Phi) is 3.78. The van der Waals surface area contributed by atoms with E-state index in [1.54, 1.807) is 0 Å². The third kappa shape index (κ3) is 2.96. The van der Waals surface area contributed by atoms with Crippen molar-refractivity contribution in [2.75, 3.05) is 33.2 Å². The fourth-order valence-corrected chi connectivity index (χ4v) is 1.79. The number of hydrogen-bond acceptors (Lipinski definition) is 6. The smallest absolute Gasteiger partial charge is 0.353 e. The van der Waals surface area contributed by atoms with Crippen LogP contribution in [-0.2, 0) is 14.4 Å². The van der Waals surface area contributed by atoms with Crippen LogP contribution in [0.2, 0.25) is 0 Å². The zero-order valence-electron chi connectivity index (χ0n) is 10.1. The Morgan fingerprint density at radius 1 is 1.39 bits per heavy atom. The van der Waals surface area contributed by atoms with Crippen molar-refractivity contribution >= 4 is 17.6 Å². The van der Waals surface area contributed by atoms with E-state index < -0.39 is 12.1 Å². The molecule has 8 nitrogen and oxygen atoms in total. The lowest BCUT2D eigenvalue weighted by molar-refractivity contribution is -0.137. The Balaban J connectivity index is 1.78. The number of nitrogens with zero attached hydrogens (tertiary/aromatic N) is 3. The maximum absolute atomic E-state index is 11.8. The standard InChI is InChI=1S/C10H16N4O4/c1-13-2-4-14(5-3-13)11-9(15)8-6-7(10(16)17)12-18-8/h8H,2-6H2,1H3,(H,11,15)(H,16,17). The molecule has 0 aliphatic carbocycles. The maximum atomic E-state index is 11.8. The average molecular weight is 256 g/mol. The lowest BCUT2D eigenvalue weighted by Crippen LogP contribution is -2.54. The number of amides is 1. The third-order valence-electron chi connectivity index (χ3n) is 2.98. The zero-order valence-corrected chi connectivity index (χ0v) is 10.1. The number of carboxylic acid groups (broad SMARTS) is 1. The number of rotatable bonds is 3. The molecule has 2 aliphatic rings. The van der Waals surface area contributed by atoms with Crippen LogP contribution in [0.4, 0.5) is 0 Å². The molecule has 18 heavy (non-hydrogen) atoms. The van der Waals surface area contributed by atoms with Gasteiger partial charge in [0.05, 0.1) is 0 Å². The van der Waals surface area contributed by atoms with E-state index in [0.717, 1.165) is 26.2 Å². The van der Waals surface area contributed by atoms with E-state index >= 15 is 0 Å². The number of aliphatic carboxylic acids is 1. The van der Waals surface area contributed by atoms with E-state index in [-0.39, 0.29) is 18.0 Å². The highest BCUT2D eigenvalue weighted by atomic mass is 16.6. The molecule has 0 spiro atoms. The first-order valence-corrected chi connectivity index (χ1v) is 5.76. The molecule has 0 saturated carbocycles. The molecule has 2 heterocycles. The average Bonchev–Trinajstić information content (AvgIpc) is 2.81. The molecular formula is C10H16N4O4. The molecular weight excluding hydrogens is 240 g/mol. The van der Waals surface area contributed by atoms with Crippen LogP contribution in [0.1, 0.15) is 6.42 Å². The first kappa shape index (κ1) is 12.8. The molecule has 0 aromatic rings. The topological polar surface area (TPSA) is 94.5 Å². The van der Waals surface area contributed by atoms with Crippen LogP contribution in [-0.4, -0.2) is 71.9 Å². The molecule has 1 unspecified atom stereocenters. The molecule has 2 rings (SSSR count). The molecule has 1 saturated heterocycles. The second kappa shape index (κ2) is 5.32. The Bertz CT molecular complexity index is 376. The molecule has 8 heteroatoms. The van der Waals surface area contributed by atoms with Crippen LogP contribution in [0, 0.1) is 0 Å². The summed E-state index contributed by atoms with van der Waals surface area (Å²) >= 11 is 0. The molecule has 2 aliphatic heterocycles. The van der Waals surface area contributed by atoms with Gasteiger partial charge in [0.1, 0.15) is 0 Å². The van der Waals surface area contributed by atoms with Gasteiger partial charge in [0.15, 0.2) is 5.71 Å². The van der Waals surface area contributed by atoms with Crippen molar-refractivity contribution in [3.05, 3.63) is 0 Å². The first-order valence-electron chi connectivity index (χ1n) is 5.76. The van der Waals surface area contributed by atoms with Crippen LogP contribution < -0.4 is 5.43 Å². The van der Waals surface area contributed by atoms with Crippen molar-refractivity contribution in [1.82, 2.24) is 15.3 Å². The van der Waals surface area contributed by atoms with Gasteiger partial charge in [-0.15, -0.1) is 0 Å². The van der Waals surface area contributed by atoms with Crippen molar-refractivity contribution in [3.63, 3.8) is 0 Å². The molecule has 0 radical (unpaired) electrons. The van der Waals surface area contributed by atoms with Crippen molar-refractivity contribution in [3.8, 4) is 0 Å². The third-order valence-corrected chi connectivity index (χ3v) is 2.98. The number of oxime groups is 1. The summed E-state index contributed by atoms with van der Waals surface area (Å²) < 4.78 is 0. The van der Waals surface area contributed by atoms with Gasteiger partial charge in [-0.2, -0.15) is 0 Å². The number of carboxylic acids is 1. The second-order valence-corrected chi connectivity index (χ2v) is 4.41. The highest BCUT2D eigenvalue weighted by molar-refractivity contribution is 6.36. The van der Waals surface area contributed by atoms with Crippen LogP contribution in [0.5, 0.6) is 0 Å². The fraction of sp³-hybridized carbons (Fsp3) is 0.700. The summed E-state index contributed by atoms with van der Waals surface area (Å²) in [6, 6.07) is 0. The number of hydrogen-bond donors (Lipinski definition) is 2. The van der Waals surface area contributed by atoms with Crippen molar-refractivity contribution in [1.29, 1.82) is 0 Å². The van der Waals surface area contributed by atoms with E-state index in [0.29, 0.717) is 0 Å². The molecule has 0 aromatic carbocycles. The predicted octanol–water partition coefficient (Wildman–Crippen LogP) is -1.51. The zero-order chi connectivity index (χ0) is 13.1. The Hall–Kier alpha value is -1.67. The van der Waals surface area contributed by atoms with Gasteiger partial charge in [0, 0.05) is 32.6 Å². The Morgan fingerprint density at radius 2 is 2.06 bits per heavy atom. The van der Waals surface area contributed by atoms with Crippen LogP contribution >= 0.6 is 0 Å². The summed E-state index contributed by atoms with van der Waals surface area (Å²) in [5.74, 6) is -1.50. The van der Waals surface area contributed by atoms with E-state index in [4.69, 9.17) is 9.94 Å². The summed E-state index contributed by atoms with van der Waals surface area (Å²) in [5.41, 5.74) is 2.60. The summed E-state index contributed by atoms with van der Waals surface area (Å²) in [5, 5.41) is 13.9. The summed E-state index contributed by atoms with van der Waals surface area (Å²) in [4.78, 5) is 29.4. The molecule has 1 atom stereocenters. The van der Waals surface area contributed by atoms with Gasteiger partial charge < -0.3 is 14.8 Å². The number of nitrogens with one attached hydrogen (secondary N) is 1. The highest BCUT2D eigenvalue weighted by Crippen LogP contribution is 2.11. The molecule has 2 N–H and O–H groups in total. The Labute approximate surface area is 104 Å². The van der Waals surface area contributed by atoms with Crippen LogP contribution in [0.25, 0.3) is 0 Å². The number of carbonyl (C=O) groups excluding carboxylic acids is 1. The highest BCUT2D eigenvalue weighted by Gasteiger charge is 2.32. The van der Waals surface area contributed by atoms with Crippen LogP contribution in [0.15, 0.2) is 5.16 Å². The predicted molar refractivity (Wildman–Crippen MR) is 61.8 cm³/mol. The van der Waals surface area contributed by atoms with Gasteiger partial charge >= 0.3 is 5.97 Å². The largest absolute Gasteiger partial charge is 0.477 e. The Morgan fingerprint density at radius 3 is 2.61 bits per heavy atom. The first-order chi connectivity index (χ1) is 8.56. The van der Waals surface area contributed by atoms with Gasteiger partial charge in [-0.3, -0.25) is 10.2 Å². The van der Waals surface area contributed by atoms with Gasteiger partial charge in [0.2, 0.25) is 6.10 Å². The summed E-state index contributed by atoms with van der Waals surface area (Å²) in [6.07, 6.45) is -0.828. The minimum atomic E-state index is -1.15. The van der Waals surface area contributed by atoms with Gasteiger partial charge in [-0.05, 0) is 7.05 Å². The van der Waals surface area contributed by atoms with Gasteiger partial charge in [-0.1, -0.05) is 5.16 Å². The van der Waals surface area contributed by atoms with Crippen molar-refractivity contribution in [2.24, 2.45) is 5.16 Å². The van der Waals surface area contributed by atoms with Crippen molar-refractivity contribution < 1.29 is 19.5 Å². The maximum Gasteiger partial charge on any atom is 0.353 e. The molecule has 1 amide bonds. The molecule has 1 fully saturated rings. The summed E-state index contributed by atoms with van der Waals surface area (Å²) in [7, 11) is 2.02. The van der Waals surface area contributed by atoms with Gasteiger partial charge in [-0.25, -0.2) is 9.80 Å². The fourth-order valence-electron chi connectivity index (χ4n) is 1.79. The lowest BCUT2D eigenvalue weighted by Gasteiger charge is -2.32. The monoisotopic (exact) mass is 256 g/mol. The number of piperazine rings is 1. The minimum Gasteiger partial charge on any atom is -0.477 e. The lowest BCUT2D eigenvalue weighted by atomic mass is 10.2. The number of hydrazine groups is 1.